The van der Waals surface area contributed by atoms with Gasteiger partial charge in [0.05, 0.1) is 26.3 Å². The number of urea groups is 1. The summed E-state index contributed by atoms with van der Waals surface area (Å²) in [5.41, 5.74) is -0.0872. The Bertz CT molecular complexity index is 1200. The van der Waals surface area contributed by atoms with Crippen molar-refractivity contribution in [3.8, 4) is 6.07 Å². The maximum atomic E-state index is 15.0. The molecular formula is C23H33FN4O4S. The van der Waals surface area contributed by atoms with Crippen LogP contribution >= 0.6 is 0 Å². The molecule has 0 aliphatic carbocycles. The third kappa shape index (κ3) is 5.43. The minimum absolute atomic E-state index is 0.116. The fourth-order valence-electron chi connectivity index (χ4n) is 3.65. The molecule has 10 heteroatoms. The Hall–Kier alpha value is -2.74. The number of carbonyl (C=O) groups is 1. The molecule has 5 N–H and O–H groups in total. The van der Waals surface area contributed by atoms with Crippen molar-refractivity contribution in [1.29, 1.82) is 5.26 Å². The molecule has 0 aliphatic rings. The van der Waals surface area contributed by atoms with E-state index in [1.807, 2.05) is 19.9 Å². The van der Waals surface area contributed by atoms with Gasteiger partial charge in [-0.15, -0.1) is 0 Å². The molecule has 0 bridgehead atoms. The molecule has 182 valence electrons. The molecule has 33 heavy (non-hydrogen) atoms. The number of amides is 2. The molecule has 0 radical (unpaired) electrons. The van der Waals surface area contributed by atoms with Gasteiger partial charge in [-0.25, -0.2) is 13.4 Å². The summed E-state index contributed by atoms with van der Waals surface area (Å²) in [7, 11) is -4.54. The van der Waals surface area contributed by atoms with Crippen molar-refractivity contribution >= 4 is 21.2 Å². The lowest BCUT2D eigenvalue weighted by Gasteiger charge is -2.33. The van der Waals surface area contributed by atoms with Gasteiger partial charge in [-0.2, -0.15) is 5.26 Å². The smallest absolute Gasteiger partial charge is 0.330 e. The van der Waals surface area contributed by atoms with Gasteiger partial charge < -0.3 is 14.8 Å². The molecule has 0 spiro atoms. The largest absolute Gasteiger partial charge is 0.451 e. The summed E-state index contributed by atoms with van der Waals surface area (Å²) in [4.78, 5) is 13.0. The lowest BCUT2D eigenvalue weighted by Crippen LogP contribution is -2.57. The number of nitriles is 1. The number of nitrogens with two attached hydrogens (primary N) is 1. The van der Waals surface area contributed by atoms with Gasteiger partial charge in [0.25, 0.3) is 0 Å². The van der Waals surface area contributed by atoms with Crippen molar-refractivity contribution in [3.63, 3.8) is 0 Å². The number of rotatable bonds is 6. The lowest BCUT2D eigenvalue weighted by molar-refractivity contribution is 0.0769. The molecular weight excluding hydrogens is 447 g/mol. The van der Waals surface area contributed by atoms with Gasteiger partial charge >= 0.3 is 6.03 Å². The van der Waals surface area contributed by atoms with Crippen LogP contribution in [-0.4, -0.2) is 21.6 Å². The van der Waals surface area contributed by atoms with Crippen LogP contribution in [0.15, 0.2) is 21.6 Å². The summed E-state index contributed by atoms with van der Waals surface area (Å²) >= 11 is 0. The standard InChI is InChI=1S/C23H33FN4O4S/c1-12(2)16-9-15(11-25)20(24)19(13(3)4)21(16)27-22(29)28-33(8,26,31)18-10-17(14(5)32-18)23(6,7)30/h9-10,12-13,30H,1-8H3,(H4,26,27,28,29,31). The van der Waals surface area contributed by atoms with Gasteiger partial charge in [0.1, 0.15) is 17.6 Å². The molecule has 8 nitrogen and oxygen atoms in total. The van der Waals surface area contributed by atoms with Crippen LogP contribution in [0.25, 0.3) is 0 Å². The Morgan fingerprint density at radius 1 is 1.27 bits per heavy atom. The monoisotopic (exact) mass is 480 g/mol. The molecule has 1 aromatic carbocycles. The molecule has 2 rings (SSSR count). The minimum atomic E-state index is -4.54. The fraction of sp³-hybridized carbons (Fsp3) is 0.478. The van der Waals surface area contributed by atoms with E-state index in [1.54, 1.807) is 34.6 Å². The number of nitrogens with one attached hydrogen (secondary N) is 2. The van der Waals surface area contributed by atoms with Crippen molar-refractivity contribution in [1.82, 2.24) is 4.72 Å². The molecule has 0 aliphatic heterocycles. The molecule has 0 unspecified atom stereocenters. The van der Waals surface area contributed by atoms with E-state index in [-0.39, 0.29) is 33.7 Å². The first-order valence-corrected chi connectivity index (χ1v) is 12.9. The number of halogens is 1. The Morgan fingerprint density at radius 2 is 1.85 bits per heavy atom. The van der Waals surface area contributed by atoms with Crippen molar-refractivity contribution in [3.05, 3.63) is 46.0 Å². The first-order valence-electron chi connectivity index (χ1n) is 10.5. The molecule has 2 aromatic rings. The quantitative estimate of drug-likeness (QED) is 0.482. The predicted octanol–water partition coefficient (Wildman–Crippen LogP) is 4.49. The number of anilines is 1. The Kier molecular flexibility index (Phi) is 6.87. The van der Waals surface area contributed by atoms with E-state index in [4.69, 9.17) is 9.56 Å². The lowest BCUT2D eigenvalue weighted by atomic mass is 9.90. The summed E-state index contributed by atoms with van der Waals surface area (Å²) < 4.78 is 36.4. The molecule has 0 saturated carbocycles. The van der Waals surface area contributed by atoms with Crippen LogP contribution < -0.4 is 15.2 Å². The molecule has 1 heterocycles. The van der Waals surface area contributed by atoms with Gasteiger partial charge in [0.15, 0.2) is 5.09 Å². The number of hydrogen-bond donors (Lipinski definition) is 4. The van der Waals surface area contributed by atoms with E-state index < -0.39 is 26.9 Å². The van der Waals surface area contributed by atoms with Gasteiger partial charge in [-0.1, -0.05) is 27.7 Å². The summed E-state index contributed by atoms with van der Waals surface area (Å²) in [5, 5.41) is 28.1. The number of furan rings is 1. The summed E-state index contributed by atoms with van der Waals surface area (Å²) in [6, 6.07) is 3.68. The van der Waals surface area contributed by atoms with Crippen molar-refractivity contribution < 1.29 is 22.9 Å². The van der Waals surface area contributed by atoms with E-state index in [0.29, 0.717) is 16.9 Å². The first kappa shape index (κ1) is 26.5. The first-order chi connectivity index (χ1) is 14.9. The molecule has 0 atom stereocenters. The van der Waals surface area contributed by atoms with Gasteiger partial charge in [0, 0.05) is 23.4 Å². The van der Waals surface area contributed by atoms with E-state index >= 15 is 4.39 Å². The Labute approximate surface area is 194 Å². The number of aliphatic hydroxyl groups is 1. The third-order valence-corrected chi connectivity index (χ3v) is 7.18. The van der Waals surface area contributed by atoms with Gasteiger partial charge in [-0.05, 0) is 44.2 Å². The Morgan fingerprint density at radius 3 is 2.27 bits per heavy atom. The van der Waals surface area contributed by atoms with Crippen LogP contribution in [0.5, 0.6) is 0 Å². The van der Waals surface area contributed by atoms with Crippen LogP contribution in [-0.2, 0) is 15.0 Å². The number of hydrogen-bond acceptors (Lipinski definition) is 5. The van der Waals surface area contributed by atoms with Crippen molar-refractivity contribution in [2.45, 2.75) is 71.0 Å². The summed E-state index contributed by atoms with van der Waals surface area (Å²) in [6.07, 6.45) is 1.13. The van der Waals surface area contributed by atoms with E-state index in [1.165, 1.54) is 12.1 Å². The minimum Gasteiger partial charge on any atom is -0.451 e. The highest BCUT2D eigenvalue weighted by Crippen LogP contribution is 2.37. The average Bonchev–Trinajstić information content (AvgIpc) is 3.04. The second-order valence-electron chi connectivity index (χ2n) is 9.60. The van der Waals surface area contributed by atoms with Crippen LogP contribution in [0, 0.1) is 24.1 Å². The molecule has 0 saturated heterocycles. The fourth-order valence-corrected chi connectivity index (χ4v) is 5.01. The molecule has 1 aromatic heterocycles. The van der Waals surface area contributed by atoms with Crippen LogP contribution in [0.1, 0.15) is 81.4 Å². The number of aryl methyl sites for hydroxylation is 1. The van der Waals surface area contributed by atoms with Gasteiger partial charge in [0.2, 0.25) is 0 Å². The highest BCUT2D eigenvalue weighted by Gasteiger charge is 2.37. The third-order valence-electron chi connectivity index (χ3n) is 5.29. The maximum Gasteiger partial charge on any atom is 0.330 e. The zero-order chi connectivity index (χ0) is 25.5. The number of nitrogens with zero attached hydrogens (tertiary/aromatic N) is 1. The molecule has 0 fully saturated rings. The molecule has 2 amide bonds. The highest BCUT2D eigenvalue weighted by molar-refractivity contribution is 8.16. The van der Waals surface area contributed by atoms with E-state index in [0.717, 1.165) is 6.26 Å². The highest BCUT2D eigenvalue weighted by atomic mass is 32.3. The maximum absolute atomic E-state index is 15.0. The van der Waals surface area contributed by atoms with E-state index in [9.17, 15) is 19.4 Å². The predicted molar refractivity (Wildman–Crippen MR) is 127 cm³/mol. The van der Waals surface area contributed by atoms with E-state index in [2.05, 4.69) is 10.0 Å². The summed E-state index contributed by atoms with van der Waals surface area (Å²) in [5.74, 6) is -0.907. The average molecular weight is 481 g/mol. The normalized spacial score (nSPS) is 13.5. The topological polar surface area (TPSA) is 141 Å². The zero-order valence-corrected chi connectivity index (χ0v) is 21.1. The van der Waals surface area contributed by atoms with Crippen LogP contribution in [0.4, 0.5) is 14.9 Å². The van der Waals surface area contributed by atoms with Crippen molar-refractivity contribution in [2.75, 3.05) is 11.6 Å². The van der Waals surface area contributed by atoms with Crippen LogP contribution in [0.3, 0.4) is 0 Å². The zero-order valence-electron chi connectivity index (χ0n) is 20.3. The Balaban J connectivity index is 2.52. The SMILES string of the molecule is Cc1oc(S(C)(N)(=O)NC(=O)Nc2c(C(C)C)cc(C#N)c(F)c2C(C)C)cc1C(C)(C)O. The van der Waals surface area contributed by atoms with Crippen molar-refractivity contribution in [2.24, 2.45) is 5.14 Å². The number of carbonyl (C=O) groups excluding carboxylic acids is 1. The number of benzene rings is 1. The summed E-state index contributed by atoms with van der Waals surface area (Å²) in [6.45, 7) is 11.8. The van der Waals surface area contributed by atoms with Crippen LogP contribution in [0.2, 0.25) is 0 Å². The second kappa shape index (κ2) is 8.56. The van der Waals surface area contributed by atoms with Gasteiger partial charge in [-0.3, -0.25) is 9.86 Å². The second-order valence-corrected chi connectivity index (χ2v) is 13.0.